The molecule has 2 aromatic carbocycles. The van der Waals surface area contributed by atoms with Crippen LogP contribution in [-0.4, -0.2) is 18.8 Å². The Balaban J connectivity index is 2.52. The molecule has 2 aromatic rings. The summed E-state index contributed by atoms with van der Waals surface area (Å²) in [5.41, 5.74) is 5.04. The highest BCUT2D eigenvalue weighted by Gasteiger charge is 2.31. The van der Waals surface area contributed by atoms with Crippen molar-refractivity contribution in [3.8, 4) is 16.9 Å². The van der Waals surface area contributed by atoms with Gasteiger partial charge in [0.2, 0.25) is 0 Å². The molecule has 2 rings (SSSR count). The second kappa shape index (κ2) is 6.75. The molecule has 128 valence electrons. The third-order valence-electron chi connectivity index (χ3n) is 3.18. The van der Waals surface area contributed by atoms with Crippen LogP contribution in [0.2, 0.25) is 0 Å². The number of nitrogens with two attached hydrogens (primary N) is 1. The molecule has 0 fully saturated rings. The highest BCUT2D eigenvalue weighted by molar-refractivity contribution is 5.76. The van der Waals surface area contributed by atoms with Gasteiger partial charge in [0.25, 0.3) is 5.69 Å². The maximum atomic E-state index is 12.8. The van der Waals surface area contributed by atoms with E-state index >= 15 is 0 Å². The number of halogens is 3. The molecule has 0 atom stereocenters. The average molecular weight is 342 g/mol. The predicted octanol–water partition coefficient (Wildman–Crippen LogP) is 3.85. The maximum absolute atomic E-state index is 12.8. The first-order chi connectivity index (χ1) is 11.2. The van der Waals surface area contributed by atoms with Crippen LogP contribution < -0.4 is 10.5 Å². The second-order valence-electron chi connectivity index (χ2n) is 4.79. The second-order valence-corrected chi connectivity index (χ2v) is 4.79. The summed E-state index contributed by atoms with van der Waals surface area (Å²) in [6, 6.07) is 6.83. The van der Waals surface area contributed by atoms with E-state index in [9.17, 15) is 23.3 Å². The molecule has 0 heterocycles. The van der Waals surface area contributed by atoms with E-state index in [0.29, 0.717) is 11.1 Å². The molecule has 6 nitrogen and oxygen atoms in total. The summed E-state index contributed by atoms with van der Waals surface area (Å²) in [5.74, 6) is -0.0695. The molecule has 24 heavy (non-hydrogen) atoms. The molecule has 2 N–H and O–H groups in total. The fraction of sp³-hybridized carbons (Fsp3) is 0.200. The van der Waals surface area contributed by atoms with E-state index in [2.05, 4.69) is 0 Å². The summed E-state index contributed by atoms with van der Waals surface area (Å²) in [4.78, 5) is 10.1. The number of rotatable bonds is 5. The number of ether oxygens (including phenoxy) is 2. The number of methoxy groups -OCH3 is 1. The monoisotopic (exact) mass is 342 g/mol. The Labute approximate surface area is 134 Å². The van der Waals surface area contributed by atoms with Crippen LogP contribution >= 0.6 is 0 Å². The van der Waals surface area contributed by atoms with Gasteiger partial charge in [-0.3, -0.25) is 10.1 Å². The molecule has 0 aromatic heterocycles. The highest BCUT2D eigenvalue weighted by atomic mass is 19.4. The molecule has 0 spiro atoms. The van der Waals surface area contributed by atoms with E-state index in [4.69, 9.17) is 15.2 Å². The lowest BCUT2D eigenvalue weighted by Gasteiger charge is -2.14. The Morgan fingerprint density at radius 2 is 1.92 bits per heavy atom. The number of hydrogen-bond donors (Lipinski definition) is 1. The number of nitro groups is 1. The lowest BCUT2D eigenvalue weighted by Crippen LogP contribution is -2.07. The number of alkyl halides is 3. The van der Waals surface area contributed by atoms with Crippen LogP contribution in [-0.2, 0) is 10.9 Å². The van der Waals surface area contributed by atoms with Crippen molar-refractivity contribution < 1.29 is 27.6 Å². The third-order valence-corrected chi connectivity index (χ3v) is 3.18. The average Bonchev–Trinajstić information content (AvgIpc) is 2.51. The van der Waals surface area contributed by atoms with Crippen molar-refractivity contribution in [2.75, 3.05) is 19.6 Å². The number of hydrogen-bond acceptors (Lipinski definition) is 5. The minimum Gasteiger partial charge on any atom is -0.467 e. The normalized spacial score (nSPS) is 11.3. The summed E-state index contributed by atoms with van der Waals surface area (Å²) in [6.45, 7) is -0.253. The standard InChI is InChI=1S/C15H13F3N2O4/c1-23-8-24-14-7-10(15(16,17)18)3-4-11(14)9-2-5-13(20(21)22)12(19)6-9/h2-7H,8,19H2,1H3. The molecule has 0 aliphatic heterocycles. The molecule has 0 unspecified atom stereocenters. The zero-order valence-corrected chi connectivity index (χ0v) is 12.5. The van der Waals surface area contributed by atoms with E-state index in [1.807, 2.05) is 0 Å². The van der Waals surface area contributed by atoms with E-state index in [-0.39, 0.29) is 23.9 Å². The van der Waals surface area contributed by atoms with Gasteiger partial charge in [-0.15, -0.1) is 0 Å². The SMILES string of the molecule is COCOc1cc(C(F)(F)F)ccc1-c1ccc([N+](=O)[O-])c(N)c1. The van der Waals surface area contributed by atoms with Gasteiger partial charge in [0.05, 0.1) is 10.5 Å². The van der Waals surface area contributed by atoms with Crippen LogP contribution in [0.5, 0.6) is 5.75 Å². The van der Waals surface area contributed by atoms with Gasteiger partial charge in [-0.25, -0.2) is 0 Å². The van der Waals surface area contributed by atoms with Gasteiger partial charge in [-0.2, -0.15) is 13.2 Å². The first kappa shape index (κ1) is 17.5. The van der Waals surface area contributed by atoms with E-state index in [1.54, 1.807) is 0 Å². The number of benzene rings is 2. The molecule has 0 bridgehead atoms. The van der Waals surface area contributed by atoms with Crippen LogP contribution in [0.15, 0.2) is 36.4 Å². The van der Waals surface area contributed by atoms with Crippen molar-refractivity contribution >= 4 is 11.4 Å². The summed E-state index contributed by atoms with van der Waals surface area (Å²) in [6.07, 6.45) is -4.53. The van der Waals surface area contributed by atoms with E-state index < -0.39 is 16.7 Å². The molecule has 9 heteroatoms. The van der Waals surface area contributed by atoms with Gasteiger partial charge in [0.1, 0.15) is 11.4 Å². The Bertz CT molecular complexity index is 763. The zero-order valence-electron chi connectivity index (χ0n) is 12.5. The molecule has 0 aliphatic carbocycles. The van der Waals surface area contributed by atoms with Crippen LogP contribution in [0.1, 0.15) is 5.56 Å². The summed E-state index contributed by atoms with van der Waals surface area (Å²) >= 11 is 0. The van der Waals surface area contributed by atoms with Gasteiger partial charge in [-0.05, 0) is 29.8 Å². The summed E-state index contributed by atoms with van der Waals surface area (Å²) < 4.78 is 48.5. The quantitative estimate of drug-likeness (QED) is 0.386. The lowest BCUT2D eigenvalue weighted by atomic mass is 10.0. The first-order valence-electron chi connectivity index (χ1n) is 6.61. The van der Waals surface area contributed by atoms with Crippen molar-refractivity contribution in [2.24, 2.45) is 0 Å². The molecule has 0 saturated carbocycles. The molecule has 0 aliphatic rings. The van der Waals surface area contributed by atoms with Crippen LogP contribution in [0.25, 0.3) is 11.1 Å². The molecule has 0 saturated heterocycles. The third kappa shape index (κ3) is 3.74. The predicted molar refractivity (Wildman–Crippen MR) is 80.5 cm³/mol. The summed E-state index contributed by atoms with van der Waals surface area (Å²) in [7, 11) is 1.33. The highest BCUT2D eigenvalue weighted by Crippen LogP contribution is 2.38. The zero-order chi connectivity index (χ0) is 17.9. The molecular weight excluding hydrogens is 329 g/mol. The van der Waals surface area contributed by atoms with Crippen LogP contribution in [0.3, 0.4) is 0 Å². The van der Waals surface area contributed by atoms with Gasteiger partial charge in [0.15, 0.2) is 6.79 Å². The van der Waals surface area contributed by atoms with Crippen molar-refractivity contribution in [1.82, 2.24) is 0 Å². The van der Waals surface area contributed by atoms with Crippen molar-refractivity contribution in [3.63, 3.8) is 0 Å². The number of anilines is 1. The number of nitrogens with zero attached hydrogens (tertiary/aromatic N) is 1. The molecule has 0 radical (unpaired) electrons. The lowest BCUT2D eigenvalue weighted by molar-refractivity contribution is -0.383. The minimum atomic E-state index is -4.53. The minimum absolute atomic E-state index is 0.0695. The number of nitro benzene ring substituents is 1. The number of nitrogen functional groups attached to an aromatic ring is 1. The van der Waals surface area contributed by atoms with Gasteiger partial charge in [-0.1, -0.05) is 6.07 Å². The Kier molecular flexibility index (Phi) is 4.93. The fourth-order valence-corrected chi connectivity index (χ4v) is 2.07. The molecular formula is C15H13F3N2O4. The fourth-order valence-electron chi connectivity index (χ4n) is 2.07. The van der Waals surface area contributed by atoms with E-state index in [0.717, 1.165) is 12.1 Å². The van der Waals surface area contributed by atoms with Gasteiger partial charge in [0, 0.05) is 18.7 Å². The van der Waals surface area contributed by atoms with Crippen LogP contribution in [0, 0.1) is 10.1 Å². The Morgan fingerprint density at radius 1 is 1.21 bits per heavy atom. The maximum Gasteiger partial charge on any atom is 0.416 e. The van der Waals surface area contributed by atoms with Crippen LogP contribution in [0.4, 0.5) is 24.5 Å². The Hall–Kier alpha value is -2.81. The van der Waals surface area contributed by atoms with Gasteiger partial charge >= 0.3 is 6.18 Å². The van der Waals surface area contributed by atoms with Crippen molar-refractivity contribution in [2.45, 2.75) is 6.18 Å². The first-order valence-corrected chi connectivity index (χ1v) is 6.61. The Morgan fingerprint density at radius 3 is 2.46 bits per heavy atom. The van der Waals surface area contributed by atoms with Gasteiger partial charge < -0.3 is 15.2 Å². The van der Waals surface area contributed by atoms with Crippen molar-refractivity contribution in [1.29, 1.82) is 0 Å². The van der Waals surface area contributed by atoms with Crippen molar-refractivity contribution in [3.05, 3.63) is 52.1 Å². The summed E-state index contributed by atoms with van der Waals surface area (Å²) in [5, 5.41) is 10.8. The molecule has 0 amide bonds. The van der Waals surface area contributed by atoms with E-state index in [1.165, 1.54) is 31.4 Å². The largest absolute Gasteiger partial charge is 0.467 e. The topological polar surface area (TPSA) is 87.6 Å². The smallest absolute Gasteiger partial charge is 0.416 e.